The van der Waals surface area contributed by atoms with E-state index in [2.05, 4.69) is 34.5 Å². The molecule has 0 bridgehead atoms. The van der Waals surface area contributed by atoms with Gasteiger partial charge in [0.05, 0.1) is 0 Å². The molecule has 0 aliphatic heterocycles. The van der Waals surface area contributed by atoms with Crippen LogP contribution in [0, 0.1) is 10.1 Å². The minimum Gasteiger partial charge on any atom is -0.366 e. The Labute approximate surface area is 133 Å². The molecule has 0 radical (unpaired) electrons. The van der Waals surface area contributed by atoms with Crippen LogP contribution in [0.5, 0.6) is 0 Å². The molecule has 7 nitrogen and oxygen atoms in total. The van der Waals surface area contributed by atoms with E-state index in [4.69, 9.17) is 0 Å². The first-order chi connectivity index (χ1) is 11.2. The van der Waals surface area contributed by atoms with Crippen LogP contribution in [0.4, 0.5) is 11.6 Å². The molecule has 0 saturated carbocycles. The topological polar surface area (TPSA) is 85.4 Å². The summed E-state index contributed by atoms with van der Waals surface area (Å²) in [5, 5.41) is 18.5. The quantitative estimate of drug-likeness (QED) is 0.558. The molecule has 1 N–H and O–H groups in total. The molecule has 0 aliphatic rings. The van der Waals surface area contributed by atoms with Crippen LogP contribution in [0.25, 0.3) is 5.65 Å². The lowest BCUT2D eigenvalue weighted by atomic mass is 9.96. The number of hydrogen-bond acceptors (Lipinski definition) is 5. The Hall–Kier alpha value is -2.96. The van der Waals surface area contributed by atoms with Crippen LogP contribution in [0.3, 0.4) is 0 Å². The zero-order valence-electron chi connectivity index (χ0n) is 12.7. The average molecular weight is 311 g/mol. The Balaban J connectivity index is 1.78. The highest BCUT2D eigenvalue weighted by Gasteiger charge is 2.16. The second-order valence-corrected chi connectivity index (χ2v) is 5.26. The number of anilines is 1. The van der Waals surface area contributed by atoms with Gasteiger partial charge in [-0.1, -0.05) is 46.9 Å². The number of rotatable bonds is 6. The van der Waals surface area contributed by atoms with E-state index in [1.54, 1.807) is 12.1 Å². The molecule has 0 fully saturated rings. The second kappa shape index (κ2) is 6.43. The van der Waals surface area contributed by atoms with E-state index in [0.29, 0.717) is 23.9 Å². The number of nitrogens with zero attached hydrogens (tertiary/aromatic N) is 4. The van der Waals surface area contributed by atoms with Gasteiger partial charge < -0.3 is 15.4 Å². The van der Waals surface area contributed by atoms with Crippen molar-refractivity contribution in [3.63, 3.8) is 0 Å². The summed E-state index contributed by atoms with van der Waals surface area (Å²) in [5.74, 6) is 0.804. The van der Waals surface area contributed by atoms with Crippen molar-refractivity contribution < 1.29 is 4.92 Å². The zero-order chi connectivity index (χ0) is 16.2. The fourth-order valence-corrected chi connectivity index (χ4v) is 2.53. The van der Waals surface area contributed by atoms with Gasteiger partial charge in [-0.2, -0.15) is 0 Å². The van der Waals surface area contributed by atoms with Crippen LogP contribution in [-0.4, -0.2) is 26.1 Å². The molecule has 0 aliphatic carbocycles. The summed E-state index contributed by atoms with van der Waals surface area (Å²) in [6, 6.07) is 13.8. The Morgan fingerprint density at radius 1 is 1.26 bits per heavy atom. The van der Waals surface area contributed by atoms with Crippen LogP contribution in [-0.2, 0) is 0 Å². The zero-order valence-corrected chi connectivity index (χ0v) is 12.7. The molecular weight excluding hydrogens is 294 g/mol. The van der Waals surface area contributed by atoms with Crippen molar-refractivity contribution in [2.24, 2.45) is 0 Å². The van der Waals surface area contributed by atoms with E-state index in [1.807, 2.05) is 18.2 Å². The summed E-state index contributed by atoms with van der Waals surface area (Å²) in [7, 11) is 0. The Kier molecular flexibility index (Phi) is 4.18. The standard InChI is InChI=1S/C16H17N5O2/c1-2-12(13-6-4-3-5-7-13)10-17-14-8-9-15-18-11-16(21(22)23)20(15)19-14/h3-9,11-12H,2,10H2,1H3,(H,17,19). The highest BCUT2D eigenvalue weighted by atomic mass is 16.6. The summed E-state index contributed by atoms with van der Waals surface area (Å²) in [6.07, 6.45) is 2.20. The first-order valence-electron chi connectivity index (χ1n) is 7.47. The van der Waals surface area contributed by atoms with Gasteiger partial charge in [0.2, 0.25) is 5.65 Å². The van der Waals surface area contributed by atoms with E-state index in [9.17, 15) is 10.1 Å². The largest absolute Gasteiger partial charge is 0.368 e. The molecule has 3 aromatic rings. The number of benzene rings is 1. The third kappa shape index (κ3) is 3.13. The summed E-state index contributed by atoms with van der Waals surface area (Å²) < 4.78 is 1.24. The first kappa shape index (κ1) is 15.0. The second-order valence-electron chi connectivity index (χ2n) is 5.26. The molecule has 3 rings (SSSR count). The smallest absolute Gasteiger partial charge is 0.366 e. The summed E-state index contributed by atoms with van der Waals surface area (Å²) in [4.78, 5) is 14.4. The maximum absolute atomic E-state index is 11.0. The van der Waals surface area contributed by atoms with Crippen molar-refractivity contribution in [2.45, 2.75) is 19.3 Å². The van der Waals surface area contributed by atoms with Crippen LogP contribution >= 0.6 is 0 Å². The van der Waals surface area contributed by atoms with Gasteiger partial charge in [0.15, 0.2) is 5.82 Å². The number of imidazole rings is 1. The predicted octanol–water partition coefficient (Wildman–Crippen LogP) is 3.24. The van der Waals surface area contributed by atoms with E-state index >= 15 is 0 Å². The molecule has 2 heterocycles. The van der Waals surface area contributed by atoms with Gasteiger partial charge in [0, 0.05) is 18.5 Å². The van der Waals surface area contributed by atoms with Crippen LogP contribution in [0.1, 0.15) is 24.8 Å². The molecule has 1 atom stereocenters. The third-order valence-electron chi connectivity index (χ3n) is 3.82. The van der Waals surface area contributed by atoms with Crippen LogP contribution in [0.2, 0.25) is 0 Å². The van der Waals surface area contributed by atoms with Crippen molar-refractivity contribution in [1.82, 2.24) is 14.6 Å². The summed E-state index contributed by atoms with van der Waals surface area (Å²) >= 11 is 0. The molecule has 0 spiro atoms. The minimum absolute atomic E-state index is 0.140. The fourth-order valence-electron chi connectivity index (χ4n) is 2.53. The molecule has 0 amide bonds. The monoisotopic (exact) mass is 311 g/mol. The number of hydrogen-bond donors (Lipinski definition) is 1. The Morgan fingerprint density at radius 2 is 2.04 bits per heavy atom. The minimum atomic E-state index is -0.490. The lowest BCUT2D eigenvalue weighted by Crippen LogP contribution is -2.14. The van der Waals surface area contributed by atoms with E-state index in [0.717, 1.165) is 6.42 Å². The molecule has 7 heteroatoms. The molecule has 1 unspecified atom stereocenters. The van der Waals surface area contributed by atoms with E-state index in [-0.39, 0.29) is 5.82 Å². The Morgan fingerprint density at radius 3 is 2.74 bits per heavy atom. The van der Waals surface area contributed by atoms with Crippen molar-refractivity contribution in [2.75, 3.05) is 11.9 Å². The van der Waals surface area contributed by atoms with Crippen molar-refractivity contribution in [3.05, 3.63) is 64.3 Å². The van der Waals surface area contributed by atoms with Crippen LogP contribution < -0.4 is 5.32 Å². The molecule has 0 saturated heterocycles. The van der Waals surface area contributed by atoms with Gasteiger partial charge in [-0.3, -0.25) is 0 Å². The first-order valence-corrected chi connectivity index (χ1v) is 7.47. The summed E-state index contributed by atoms with van der Waals surface area (Å²) in [5.41, 5.74) is 1.72. The average Bonchev–Trinajstić information content (AvgIpc) is 3.00. The van der Waals surface area contributed by atoms with Gasteiger partial charge in [-0.05, 0) is 23.0 Å². The van der Waals surface area contributed by atoms with Gasteiger partial charge in [-0.15, -0.1) is 0 Å². The lowest BCUT2D eigenvalue weighted by molar-refractivity contribution is -0.391. The highest BCUT2D eigenvalue weighted by Crippen LogP contribution is 2.20. The maximum atomic E-state index is 11.0. The van der Waals surface area contributed by atoms with Gasteiger partial charge in [0.25, 0.3) is 0 Å². The van der Waals surface area contributed by atoms with Gasteiger partial charge in [-0.25, -0.2) is 4.98 Å². The third-order valence-corrected chi connectivity index (χ3v) is 3.82. The summed E-state index contributed by atoms with van der Waals surface area (Å²) in [6.45, 7) is 2.85. The molecule has 1 aromatic carbocycles. The normalized spacial score (nSPS) is 12.2. The van der Waals surface area contributed by atoms with Gasteiger partial charge >= 0.3 is 5.82 Å². The molecule has 23 heavy (non-hydrogen) atoms. The van der Waals surface area contributed by atoms with E-state index < -0.39 is 4.92 Å². The molecule has 118 valence electrons. The highest BCUT2D eigenvalue weighted by molar-refractivity contribution is 5.48. The number of aromatic nitrogens is 3. The van der Waals surface area contributed by atoms with Crippen molar-refractivity contribution in [3.8, 4) is 0 Å². The SMILES string of the molecule is CCC(CNc1ccc2ncc([N+](=O)[O-])n2n1)c1ccccc1. The number of nitro groups is 1. The predicted molar refractivity (Wildman–Crippen MR) is 87.6 cm³/mol. The molecule has 2 aromatic heterocycles. The van der Waals surface area contributed by atoms with Crippen LogP contribution in [0.15, 0.2) is 48.7 Å². The molecular formula is C16H17N5O2. The van der Waals surface area contributed by atoms with Crippen molar-refractivity contribution >= 4 is 17.3 Å². The fraction of sp³-hybridized carbons (Fsp3) is 0.250. The number of fused-ring (bicyclic) bond motifs is 1. The van der Waals surface area contributed by atoms with E-state index in [1.165, 1.54) is 16.3 Å². The number of nitrogens with one attached hydrogen (secondary N) is 1. The van der Waals surface area contributed by atoms with Crippen molar-refractivity contribution in [1.29, 1.82) is 0 Å². The Bertz CT molecular complexity index is 816. The lowest BCUT2D eigenvalue weighted by Gasteiger charge is -2.16. The van der Waals surface area contributed by atoms with Gasteiger partial charge in [0.1, 0.15) is 6.20 Å². The maximum Gasteiger partial charge on any atom is 0.368 e.